The van der Waals surface area contributed by atoms with Crippen molar-refractivity contribution >= 4 is 5.95 Å². The number of ether oxygens (including phenoxy) is 1. The molecule has 0 aliphatic rings. The minimum absolute atomic E-state index is 0.147. The third-order valence-electron chi connectivity index (χ3n) is 2.75. The van der Waals surface area contributed by atoms with Crippen LogP contribution in [0.3, 0.4) is 0 Å². The molecule has 1 N–H and O–H groups in total. The van der Waals surface area contributed by atoms with E-state index in [1.165, 1.54) is 7.05 Å². The van der Waals surface area contributed by atoms with Crippen molar-refractivity contribution in [2.75, 3.05) is 12.4 Å². The Hall–Kier alpha value is -2.31. The molecule has 0 unspecified atom stereocenters. The highest BCUT2D eigenvalue weighted by Crippen LogP contribution is 2.31. The molecule has 0 atom stereocenters. The number of halogens is 3. The number of rotatable bonds is 4. The van der Waals surface area contributed by atoms with E-state index in [4.69, 9.17) is 4.74 Å². The lowest BCUT2D eigenvalue weighted by Crippen LogP contribution is -2.11. The molecule has 4 nitrogen and oxygen atoms in total. The van der Waals surface area contributed by atoms with Crippen LogP contribution in [0.2, 0.25) is 0 Å². The summed E-state index contributed by atoms with van der Waals surface area (Å²) in [7, 11) is 1.44. The maximum Gasteiger partial charge on any atom is 0.433 e. The number of nitrogens with one attached hydrogen (secondary N) is 1. The van der Waals surface area contributed by atoms with Crippen molar-refractivity contribution in [3.8, 4) is 11.6 Å². The van der Waals surface area contributed by atoms with Gasteiger partial charge in [-0.3, -0.25) is 0 Å². The lowest BCUT2D eigenvalue weighted by atomic mass is 10.2. The molecule has 21 heavy (non-hydrogen) atoms. The largest absolute Gasteiger partial charge is 0.439 e. The van der Waals surface area contributed by atoms with Gasteiger partial charge in [0, 0.05) is 13.1 Å². The molecule has 2 aromatic rings. The molecule has 0 fully saturated rings. The predicted molar refractivity (Wildman–Crippen MR) is 72.5 cm³/mol. The number of benzene rings is 1. The molecule has 0 saturated carbocycles. The van der Waals surface area contributed by atoms with E-state index in [9.17, 15) is 13.2 Å². The summed E-state index contributed by atoms with van der Waals surface area (Å²) in [5, 5.41) is 2.49. The first-order valence-corrected chi connectivity index (χ1v) is 6.33. The number of hydrogen-bond donors (Lipinski definition) is 1. The summed E-state index contributed by atoms with van der Waals surface area (Å²) in [4.78, 5) is 7.24. The lowest BCUT2D eigenvalue weighted by Gasteiger charge is -2.11. The molecule has 0 amide bonds. The van der Waals surface area contributed by atoms with Gasteiger partial charge in [0.05, 0.1) is 0 Å². The number of nitrogens with zero attached hydrogens (tertiary/aromatic N) is 2. The molecule has 2 rings (SSSR count). The second-order valence-electron chi connectivity index (χ2n) is 4.27. The Morgan fingerprint density at radius 2 is 1.95 bits per heavy atom. The molecule has 1 heterocycles. The van der Waals surface area contributed by atoms with Gasteiger partial charge in [0.1, 0.15) is 5.75 Å². The molecule has 0 radical (unpaired) electrons. The zero-order valence-corrected chi connectivity index (χ0v) is 11.5. The summed E-state index contributed by atoms with van der Waals surface area (Å²) in [5.41, 5.74) is -0.0325. The van der Waals surface area contributed by atoms with Gasteiger partial charge in [0.25, 0.3) is 0 Å². The standard InChI is InChI=1S/C14H14F3N3O/c1-3-9-5-4-6-10(7-9)21-12-8-11(14(15,16)17)19-13(18-2)20-12/h4-8H,3H2,1-2H3,(H,18,19,20). The molecule has 0 saturated heterocycles. The number of aryl methyl sites for hydroxylation is 1. The molecule has 0 spiro atoms. The van der Waals surface area contributed by atoms with Crippen molar-refractivity contribution < 1.29 is 17.9 Å². The first-order valence-electron chi connectivity index (χ1n) is 6.33. The van der Waals surface area contributed by atoms with E-state index in [2.05, 4.69) is 15.3 Å². The molecule has 7 heteroatoms. The Morgan fingerprint density at radius 1 is 1.19 bits per heavy atom. The van der Waals surface area contributed by atoms with Crippen LogP contribution < -0.4 is 10.1 Å². The van der Waals surface area contributed by atoms with Crippen LogP contribution in [-0.2, 0) is 12.6 Å². The highest BCUT2D eigenvalue weighted by molar-refractivity contribution is 5.35. The van der Waals surface area contributed by atoms with E-state index in [0.717, 1.165) is 18.1 Å². The predicted octanol–water partition coefficient (Wildman–Crippen LogP) is 3.89. The van der Waals surface area contributed by atoms with Gasteiger partial charge in [-0.15, -0.1) is 0 Å². The van der Waals surface area contributed by atoms with Crippen molar-refractivity contribution in [2.45, 2.75) is 19.5 Å². The van der Waals surface area contributed by atoms with Gasteiger partial charge in [-0.05, 0) is 24.1 Å². The van der Waals surface area contributed by atoms with E-state index < -0.39 is 11.9 Å². The smallest absolute Gasteiger partial charge is 0.433 e. The fraction of sp³-hybridized carbons (Fsp3) is 0.286. The zero-order valence-electron chi connectivity index (χ0n) is 11.5. The molecule has 0 bridgehead atoms. The summed E-state index contributed by atoms with van der Waals surface area (Å²) < 4.78 is 43.7. The third kappa shape index (κ3) is 3.84. The zero-order chi connectivity index (χ0) is 15.5. The van der Waals surface area contributed by atoms with Crippen molar-refractivity contribution in [1.82, 2.24) is 9.97 Å². The van der Waals surface area contributed by atoms with E-state index >= 15 is 0 Å². The van der Waals surface area contributed by atoms with Crippen molar-refractivity contribution in [1.29, 1.82) is 0 Å². The molecule has 0 aliphatic carbocycles. The van der Waals surface area contributed by atoms with Crippen LogP contribution in [0.1, 0.15) is 18.2 Å². The molecule has 1 aromatic heterocycles. The van der Waals surface area contributed by atoms with Gasteiger partial charge in [-0.1, -0.05) is 19.1 Å². The van der Waals surface area contributed by atoms with E-state index in [0.29, 0.717) is 5.75 Å². The van der Waals surface area contributed by atoms with Crippen molar-refractivity contribution in [3.63, 3.8) is 0 Å². The average Bonchev–Trinajstić information content (AvgIpc) is 2.46. The van der Waals surface area contributed by atoms with Gasteiger partial charge < -0.3 is 10.1 Å². The Balaban J connectivity index is 2.34. The van der Waals surface area contributed by atoms with Gasteiger partial charge in [0.2, 0.25) is 11.8 Å². The van der Waals surface area contributed by atoms with E-state index in [-0.39, 0.29) is 11.8 Å². The quantitative estimate of drug-likeness (QED) is 0.930. The highest BCUT2D eigenvalue weighted by atomic mass is 19.4. The van der Waals surface area contributed by atoms with Crippen LogP contribution in [0, 0.1) is 0 Å². The normalized spacial score (nSPS) is 11.3. The SMILES string of the molecule is CCc1cccc(Oc2cc(C(F)(F)F)nc(NC)n2)c1. The van der Waals surface area contributed by atoms with Gasteiger partial charge >= 0.3 is 6.18 Å². The van der Waals surface area contributed by atoms with Gasteiger partial charge in [0.15, 0.2) is 5.69 Å². The maximum absolute atomic E-state index is 12.8. The van der Waals surface area contributed by atoms with E-state index in [1.807, 2.05) is 13.0 Å². The molecule has 112 valence electrons. The monoisotopic (exact) mass is 297 g/mol. The Bertz CT molecular complexity index is 629. The number of aromatic nitrogens is 2. The number of hydrogen-bond acceptors (Lipinski definition) is 4. The maximum atomic E-state index is 12.8. The minimum Gasteiger partial charge on any atom is -0.439 e. The second-order valence-corrected chi connectivity index (χ2v) is 4.27. The first-order chi connectivity index (χ1) is 9.92. The lowest BCUT2D eigenvalue weighted by molar-refractivity contribution is -0.141. The van der Waals surface area contributed by atoms with Crippen LogP contribution in [0.25, 0.3) is 0 Å². The third-order valence-corrected chi connectivity index (χ3v) is 2.75. The number of alkyl halides is 3. The van der Waals surface area contributed by atoms with Crippen LogP contribution in [0.5, 0.6) is 11.6 Å². The summed E-state index contributed by atoms with van der Waals surface area (Å²) in [6, 6.07) is 7.88. The molecular weight excluding hydrogens is 283 g/mol. The van der Waals surface area contributed by atoms with Crippen LogP contribution in [0.4, 0.5) is 19.1 Å². The summed E-state index contributed by atoms with van der Waals surface area (Å²) in [5.74, 6) is 0.129. The fourth-order valence-electron chi connectivity index (χ4n) is 1.68. The summed E-state index contributed by atoms with van der Waals surface area (Å²) in [6.45, 7) is 1.98. The fourth-order valence-corrected chi connectivity index (χ4v) is 1.68. The van der Waals surface area contributed by atoms with Crippen molar-refractivity contribution in [2.24, 2.45) is 0 Å². The summed E-state index contributed by atoms with van der Waals surface area (Å²) >= 11 is 0. The van der Waals surface area contributed by atoms with Crippen molar-refractivity contribution in [3.05, 3.63) is 41.6 Å². The number of anilines is 1. The Labute approximate surface area is 120 Å². The van der Waals surface area contributed by atoms with Gasteiger partial charge in [-0.25, -0.2) is 4.98 Å². The Morgan fingerprint density at radius 3 is 2.57 bits per heavy atom. The van der Waals surface area contributed by atoms with Crippen LogP contribution >= 0.6 is 0 Å². The topological polar surface area (TPSA) is 47.0 Å². The van der Waals surface area contributed by atoms with Gasteiger partial charge in [-0.2, -0.15) is 18.2 Å². The second kappa shape index (κ2) is 5.99. The van der Waals surface area contributed by atoms with Crippen LogP contribution in [0.15, 0.2) is 30.3 Å². The minimum atomic E-state index is -4.56. The molecular formula is C14H14F3N3O. The molecule has 1 aromatic carbocycles. The van der Waals surface area contributed by atoms with Crippen LogP contribution in [-0.4, -0.2) is 17.0 Å². The molecule has 0 aliphatic heterocycles. The summed E-state index contributed by atoms with van der Waals surface area (Å²) in [6.07, 6.45) is -3.76. The van der Waals surface area contributed by atoms with E-state index in [1.54, 1.807) is 18.2 Å². The Kier molecular flexibility index (Phi) is 4.30. The average molecular weight is 297 g/mol. The first kappa shape index (κ1) is 15.1. The highest BCUT2D eigenvalue weighted by Gasteiger charge is 2.34.